The van der Waals surface area contributed by atoms with Crippen molar-refractivity contribution < 1.29 is 9.53 Å². The van der Waals surface area contributed by atoms with Crippen molar-refractivity contribution >= 4 is 27.5 Å². The van der Waals surface area contributed by atoms with Crippen molar-refractivity contribution in [3.05, 3.63) is 29.7 Å². The molecule has 2 aromatic rings. The Bertz CT molecular complexity index is 524. The minimum absolute atomic E-state index is 0.342. The van der Waals surface area contributed by atoms with E-state index in [0.29, 0.717) is 23.1 Å². The van der Waals surface area contributed by atoms with Crippen LogP contribution in [-0.2, 0) is 10.1 Å². The van der Waals surface area contributed by atoms with Crippen molar-refractivity contribution in [3.8, 4) is 0 Å². The van der Waals surface area contributed by atoms with Crippen LogP contribution >= 0.6 is 15.9 Å². The summed E-state index contributed by atoms with van der Waals surface area (Å²) in [5.74, 6) is -0.392. The van der Waals surface area contributed by atoms with Gasteiger partial charge < -0.3 is 4.74 Å². The van der Waals surface area contributed by atoms with Crippen LogP contribution < -0.4 is 0 Å². The topological polar surface area (TPSA) is 56.5 Å². The SMILES string of the molecule is CCOC(=O)c1cnn2c(CBr)ccnc12. The van der Waals surface area contributed by atoms with Crippen LogP contribution in [0.1, 0.15) is 23.0 Å². The van der Waals surface area contributed by atoms with Gasteiger partial charge in [-0.15, -0.1) is 0 Å². The molecule has 0 aliphatic rings. The molecule has 0 unspecified atom stereocenters. The van der Waals surface area contributed by atoms with E-state index >= 15 is 0 Å². The Hall–Kier alpha value is -1.43. The molecule has 0 aliphatic carbocycles. The number of carbonyl (C=O) groups is 1. The number of fused-ring (bicyclic) bond motifs is 1. The first kappa shape index (κ1) is 11.1. The van der Waals surface area contributed by atoms with Gasteiger partial charge >= 0.3 is 5.97 Å². The number of nitrogens with zero attached hydrogens (tertiary/aromatic N) is 3. The van der Waals surface area contributed by atoms with Gasteiger partial charge in [0.15, 0.2) is 5.65 Å². The first-order valence-corrected chi connectivity index (χ1v) is 5.94. The van der Waals surface area contributed by atoms with E-state index < -0.39 is 5.97 Å². The van der Waals surface area contributed by atoms with E-state index in [2.05, 4.69) is 26.0 Å². The number of halogens is 1. The summed E-state index contributed by atoms with van der Waals surface area (Å²) in [6.07, 6.45) is 3.13. The molecule has 0 N–H and O–H groups in total. The van der Waals surface area contributed by atoms with Crippen molar-refractivity contribution in [2.45, 2.75) is 12.3 Å². The lowest BCUT2D eigenvalue weighted by Crippen LogP contribution is -2.05. The third-order valence-electron chi connectivity index (χ3n) is 2.11. The predicted octanol–water partition coefficient (Wildman–Crippen LogP) is 1.80. The molecule has 0 saturated heterocycles. The molecule has 0 saturated carbocycles. The molecule has 2 heterocycles. The van der Waals surface area contributed by atoms with Gasteiger partial charge in [0.2, 0.25) is 0 Å². The number of hydrogen-bond donors (Lipinski definition) is 0. The van der Waals surface area contributed by atoms with Crippen LogP contribution in [0.3, 0.4) is 0 Å². The van der Waals surface area contributed by atoms with E-state index in [1.54, 1.807) is 17.6 Å². The average Bonchev–Trinajstić information content (AvgIpc) is 2.72. The number of aromatic nitrogens is 3. The van der Waals surface area contributed by atoms with Crippen LogP contribution in [-0.4, -0.2) is 27.2 Å². The molecule has 2 rings (SSSR count). The number of esters is 1. The van der Waals surface area contributed by atoms with Crippen molar-refractivity contribution in [2.75, 3.05) is 6.61 Å². The highest BCUT2D eigenvalue weighted by Crippen LogP contribution is 2.13. The summed E-state index contributed by atoms with van der Waals surface area (Å²) >= 11 is 3.35. The van der Waals surface area contributed by atoms with Crippen molar-refractivity contribution in [1.29, 1.82) is 0 Å². The lowest BCUT2D eigenvalue weighted by molar-refractivity contribution is 0.0528. The van der Waals surface area contributed by atoms with E-state index in [9.17, 15) is 4.79 Å². The third kappa shape index (κ3) is 1.80. The largest absolute Gasteiger partial charge is 0.462 e. The molecule has 0 aliphatic heterocycles. The van der Waals surface area contributed by atoms with Crippen LogP contribution in [0.2, 0.25) is 0 Å². The molecule has 6 heteroatoms. The lowest BCUT2D eigenvalue weighted by atomic mass is 10.3. The second-order valence-electron chi connectivity index (χ2n) is 3.08. The van der Waals surface area contributed by atoms with E-state index in [-0.39, 0.29) is 0 Å². The fourth-order valence-electron chi connectivity index (χ4n) is 1.39. The average molecular weight is 284 g/mol. The highest BCUT2D eigenvalue weighted by atomic mass is 79.9. The molecule has 0 fully saturated rings. The smallest absolute Gasteiger partial charge is 0.343 e. The number of rotatable bonds is 3. The number of alkyl halides is 1. The van der Waals surface area contributed by atoms with Crippen LogP contribution in [0, 0.1) is 0 Å². The minimum Gasteiger partial charge on any atom is -0.462 e. The predicted molar refractivity (Wildman–Crippen MR) is 61.6 cm³/mol. The quantitative estimate of drug-likeness (QED) is 0.637. The van der Waals surface area contributed by atoms with Crippen molar-refractivity contribution in [3.63, 3.8) is 0 Å². The molecule has 5 nitrogen and oxygen atoms in total. The van der Waals surface area contributed by atoms with Gasteiger partial charge in [-0.05, 0) is 13.0 Å². The Balaban J connectivity index is 2.53. The molecular formula is C10H10BrN3O2. The summed E-state index contributed by atoms with van der Waals surface area (Å²) in [6, 6.07) is 1.84. The maximum Gasteiger partial charge on any atom is 0.343 e. The summed E-state index contributed by atoms with van der Waals surface area (Å²) in [6.45, 7) is 2.11. The Morgan fingerprint density at radius 1 is 1.62 bits per heavy atom. The lowest BCUT2D eigenvalue weighted by Gasteiger charge is -2.01. The summed E-state index contributed by atoms with van der Waals surface area (Å²) < 4.78 is 6.55. The minimum atomic E-state index is -0.392. The third-order valence-corrected chi connectivity index (χ3v) is 2.69. The van der Waals surface area contributed by atoms with E-state index in [4.69, 9.17) is 4.74 Å². The highest BCUT2D eigenvalue weighted by molar-refractivity contribution is 9.08. The van der Waals surface area contributed by atoms with Crippen LogP contribution in [0.15, 0.2) is 18.5 Å². The van der Waals surface area contributed by atoms with Gasteiger partial charge in [0.05, 0.1) is 18.5 Å². The number of carbonyl (C=O) groups excluding carboxylic acids is 1. The molecule has 2 aromatic heterocycles. The molecule has 16 heavy (non-hydrogen) atoms. The van der Waals surface area contributed by atoms with Gasteiger partial charge in [-0.2, -0.15) is 5.10 Å². The van der Waals surface area contributed by atoms with Gasteiger partial charge in [-0.25, -0.2) is 14.3 Å². The molecule has 0 aromatic carbocycles. The summed E-state index contributed by atoms with van der Waals surface area (Å²) in [4.78, 5) is 15.7. The maximum atomic E-state index is 11.6. The van der Waals surface area contributed by atoms with Gasteiger partial charge in [0, 0.05) is 11.5 Å². The molecule has 84 valence electrons. The fraction of sp³-hybridized carbons (Fsp3) is 0.300. The van der Waals surface area contributed by atoms with Gasteiger partial charge in [-0.3, -0.25) is 0 Å². The first-order valence-electron chi connectivity index (χ1n) is 4.82. The Labute approximate surface area is 101 Å². The Kier molecular flexibility index (Phi) is 3.19. The van der Waals surface area contributed by atoms with Crippen LogP contribution in [0.4, 0.5) is 0 Å². The number of hydrogen-bond acceptors (Lipinski definition) is 4. The second-order valence-corrected chi connectivity index (χ2v) is 3.64. The first-order chi connectivity index (χ1) is 7.77. The maximum absolute atomic E-state index is 11.6. The molecule has 0 bridgehead atoms. The summed E-state index contributed by atoms with van der Waals surface area (Å²) in [7, 11) is 0. The molecule has 0 amide bonds. The van der Waals surface area contributed by atoms with Gasteiger partial charge in [0.1, 0.15) is 5.56 Å². The zero-order valence-corrected chi connectivity index (χ0v) is 10.3. The van der Waals surface area contributed by atoms with E-state index in [1.165, 1.54) is 6.20 Å². The fourth-order valence-corrected chi connectivity index (χ4v) is 1.82. The molecule has 0 radical (unpaired) electrons. The Morgan fingerprint density at radius 2 is 2.44 bits per heavy atom. The van der Waals surface area contributed by atoms with Crippen LogP contribution in [0.5, 0.6) is 0 Å². The van der Waals surface area contributed by atoms with Crippen molar-refractivity contribution in [1.82, 2.24) is 14.6 Å². The highest BCUT2D eigenvalue weighted by Gasteiger charge is 2.15. The molecule has 0 atom stereocenters. The second kappa shape index (κ2) is 4.61. The van der Waals surface area contributed by atoms with Gasteiger partial charge in [0.25, 0.3) is 0 Å². The number of ether oxygens (including phenoxy) is 1. The van der Waals surface area contributed by atoms with Crippen molar-refractivity contribution in [2.24, 2.45) is 0 Å². The Morgan fingerprint density at radius 3 is 3.12 bits per heavy atom. The standard InChI is InChI=1S/C10H10BrN3O2/c1-2-16-10(15)8-6-13-14-7(5-11)3-4-12-9(8)14/h3-4,6H,2,5H2,1H3. The summed E-state index contributed by atoms with van der Waals surface area (Å²) in [5.41, 5.74) is 1.85. The zero-order chi connectivity index (χ0) is 11.5. The summed E-state index contributed by atoms with van der Waals surface area (Å²) in [5, 5.41) is 4.76. The molecule has 0 spiro atoms. The van der Waals surface area contributed by atoms with E-state index in [1.807, 2.05) is 6.07 Å². The van der Waals surface area contributed by atoms with E-state index in [0.717, 1.165) is 5.69 Å². The normalized spacial score (nSPS) is 10.6. The van der Waals surface area contributed by atoms with Crippen LogP contribution in [0.25, 0.3) is 5.65 Å². The van der Waals surface area contributed by atoms with Gasteiger partial charge in [-0.1, -0.05) is 15.9 Å². The zero-order valence-electron chi connectivity index (χ0n) is 8.68. The monoisotopic (exact) mass is 283 g/mol. The molecular weight excluding hydrogens is 274 g/mol.